The topological polar surface area (TPSA) is 55.8 Å². The van der Waals surface area contributed by atoms with Gasteiger partial charge in [0, 0.05) is 18.0 Å². The lowest BCUT2D eigenvalue weighted by Crippen LogP contribution is -2.67. The molecule has 3 aromatic rings. The molecule has 3 aromatic carbocycles. The summed E-state index contributed by atoms with van der Waals surface area (Å²) in [4.78, 5) is 28.9. The first kappa shape index (κ1) is 30.7. The van der Waals surface area contributed by atoms with Crippen molar-refractivity contribution < 1.29 is 18.8 Å². The highest BCUT2D eigenvalue weighted by atomic mass is 28.4. The Hall–Kier alpha value is -3.22. The number of amides is 1. The molecule has 0 bridgehead atoms. The molecule has 0 radical (unpaired) electrons. The first-order chi connectivity index (χ1) is 19.4. The van der Waals surface area contributed by atoms with Gasteiger partial charge in [-0.2, -0.15) is 0 Å². The summed E-state index contributed by atoms with van der Waals surface area (Å²) in [5, 5.41) is 2.23. The molecule has 0 saturated carbocycles. The lowest BCUT2D eigenvalue weighted by molar-refractivity contribution is -0.0139. The van der Waals surface area contributed by atoms with Crippen LogP contribution in [0.5, 0.6) is 0 Å². The summed E-state index contributed by atoms with van der Waals surface area (Å²) in [6, 6.07) is 30.0. The number of ether oxygens (including phenoxy) is 1. The van der Waals surface area contributed by atoms with Crippen LogP contribution in [0, 0.1) is 0 Å². The molecule has 6 heteroatoms. The summed E-state index contributed by atoms with van der Waals surface area (Å²) >= 11 is 0. The largest absolute Gasteiger partial charge is 0.444 e. The molecule has 1 heterocycles. The van der Waals surface area contributed by atoms with Crippen LogP contribution in [0.2, 0.25) is 5.04 Å². The molecule has 41 heavy (non-hydrogen) atoms. The lowest BCUT2D eigenvalue weighted by atomic mass is 9.91. The Kier molecular flexibility index (Phi) is 9.55. The number of carbonyl (C=O) groups is 2. The SMILES string of the molecule is CC(C)(C)OC(=O)N1[C@@H](CO[Si](c2ccccc2)(c2ccccc2)C(C)(C)C)CCC[C@H]1CC(=O)c1ccccc1. The Labute approximate surface area is 247 Å². The second-order valence-corrected chi connectivity index (χ2v) is 17.4. The van der Waals surface area contributed by atoms with Gasteiger partial charge in [0.15, 0.2) is 5.78 Å². The highest BCUT2D eigenvalue weighted by molar-refractivity contribution is 6.99. The molecular weight excluding hydrogens is 526 g/mol. The van der Waals surface area contributed by atoms with E-state index in [4.69, 9.17) is 9.16 Å². The Morgan fingerprint density at radius 2 is 1.24 bits per heavy atom. The van der Waals surface area contributed by atoms with Crippen LogP contribution in [0.1, 0.15) is 77.6 Å². The van der Waals surface area contributed by atoms with E-state index in [0.717, 1.165) is 19.3 Å². The fourth-order valence-electron chi connectivity index (χ4n) is 6.08. The van der Waals surface area contributed by atoms with Gasteiger partial charge in [0.1, 0.15) is 5.60 Å². The molecule has 1 amide bonds. The lowest BCUT2D eigenvalue weighted by Gasteiger charge is -2.47. The van der Waals surface area contributed by atoms with Crippen LogP contribution in [-0.2, 0) is 9.16 Å². The van der Waals surface area contributed by atoms with Gasteiger partial charge in [0.2, 0.25) is 0 Å². The first-order valence-corrected chi connectivity index (χ1v) is 16.7. The molecule has 1 saturated heterocycles. The molecule has 5 nitrogen and oxygen atoms in total. The van der Waals surface area contributed by atoms with Crippen molar-refractivity contribution in [3.8, 4) is 0 Å². The minimum atomic E-state index is -2.80. The van der Waals surface area contributed by atoms with Crippen molar-refractivity contribution in [2.75, 3.05) is 6.61 Å². The third-order valence-electron chi connectivity index (χ3n) is 7.89. The van der Waals surface area contributed by atoms with Crippen molar-refractivity contribution in [2.24, 2.45) is 0 Å². The summed E-state index contributed by atoms with van der Waals surface area (Å²) in [6.45, 7) is 12.8. The third-order valence-corrected chi connectivity index (χ3v) is 12.9. The molecule has 4 rings (SSSR count). The summed E-state index contributed by atoms with van der Waals surface area (Å²) in [7, 11) is -2.80. The number of nitrogens with zero attached hydrogens (tertiary/aromatic N) is 1. The van der Waals surface area contributed by atoms with E-state index < -0.39 is 13.9 Å². The monoisotopic (exact) mass is 571 g/mol. The zero-order valence-electron chi connectivity index (χ0n) is 25.4. The highest BCUT2D eigenvalue weighted by Crippen LogP contribution is 2.38. The van der Waals surface area contributed by atoms with Crippen LogP contribution in [0.3, 0.4) is 0 Å². The van der Waals surface area contributed by atoms with Crippen LogP contribution < -0.4 is 10.4 Å². The molecule has 1 aliphatic rings. The Morgan fingerprint density at radius 3 is 1.73 bits per heavy atom. The smallest absolute Gasteiger partial charge is 0.410 e. The van der Waals surface area contributed by atoms with Gasteiger partial charge in [-0.05, 0) is 55.4 Å². The highest BCUT2D eigenvalue weighted by Gasteiger charge is 2.51. The molecule has 0 N–H and O–H groups in total. The van der Waals surface area contributed by atoms with Gasteiger partial charge in [0.05, 0.1) is 12.6 Å². The van der Waals surface area contributed by atoms with Gasteiger partial charge in [-0.15, -0.1) is 0 Å². The molecule has 0 aliphatic carbocycles. The van der Waals surface area contributed by atoms with Gasteiger partial charge >= 0.3 is 6.09 Å². The Bertz CT molecular complexity index is 1240. The number of piperidine rings is 1. The molecule has 1 aliphatic heterocycles. The third kappa shape index (κ3) is 7.17. The summed E-state index contributed by atoms with van der Waals surface area (Å²) in [6.07, 6.45) is 2.36. The number of carbonyl (C=O) groups excluding carboxylic acids is 2. The zero-order valence-corrected chi connectivity index (χ0v) is 26.4. The van der Waals surface area contributed by atoms with Crippen LogP contribution in [-0.4, -0.2) is 49.4 Å². The van der Waals surface area contributed by atoms with Crippen molar-refractivity contribution in [3.05, 3.63) is 96.6 Å². The van der Waals surface area contributed by atoms with E-state index in [1.807, 2.05) is 68.1 Å². The molecule has 1 fully saturated rings. The van der Waals surface area contributed by atoms with E-state index in [2.05, 4.69) is 69.3 Å². The summed E-state index contributed by atoms with van der Waals surface area (Å²) in [5.74, 6) is 0.0395. The standard InChI is InChI=1S/C35H45NO4Si/c1-34(2,3)40-33(38)36-28(25-32(37)27-17-10-7-11-18-27)19-16-20-29(36)26-39-41(35(4,5)6,30-21-12-8-13-22-30)31-23-14-9-15-24-31/h7-15,17-18,21-24,28-29H,16,19-20,25-26H2,1-6H3/t28-,29+/m0/s1. The maximum absolute atomic E-state index is 13.8. The molecule has 2 atom stereocenters. The number of hydrogen-bond acceptors (Lipinski definition) is 4. The number of rotatable bonds is 8. The number of hydrogen-bond donors (Lipinski definition) is 0. The van der Waals surface area contributed by atoms with E-state index in [0.29, 0.717) is 12.2 Å². The van der Waals surface area contributed by atoms with Crippen LogP contribution in [0.25, 0.3) is 0 Å². The molecule has 0 unspecified atom stereocenters. The normalized spacial score (nSPS) is 18.1. The summed E-state index contributed by atoms with van der Waals surface area (Å²) < 4.78 is 13.2. The molecule has 0 aromatic heterocycles. The fourth-order valence-corrected chi connectivity index (χ4v) is 10.7. The number of likely N-dealkylation sites (tertiary alicyclic amines) is 1. The molecule has 0 spiro atoms. The zero-order chi connectivity index (χ0) is 29.7. The minimum Gasteiger partial charge on any atom is -0.444 e. The average Bonchev–Trinajstić information content (AvgIpc) is 2.93. The van der Waals surface area contributed by atoms with E-state index in [-0.39, 0.29) is 35.4 Å². The quantitative estimate of drug-likeness (QED) is 0.216. The van der Waals surface area contributed by atoms with Gasteiger partial charge in [-0.25, -0.2) is 4.79 Å². The predicted molar refractivity (Wildman–Crippen MR) is 168 cm³/mol. The van der Waals surface area contributed by atoms with E-state index in [1.165, 1.54) is 10.4 Å². The van der Waals surface area contributed by atoms with Crippen molar-refractivity contribution in [3.63, 3.8) is 0 Å². The predicted octanol–water partition coefficient (Wildman–Crippen LogP) is 6.99. The summed E-state index contributed by atoms with van der Waals surface area (Å²) in [5.41, 5.74) is 0.0219. The van der Waals surface area contributed by atoms with Gasteiger partial charge < -0.3 is 9.16 Å². The Balaban J connectivity index is 1.69. The van der Waals surface area contributed by atoms with Gasteiger partial charge in [-0.3, -0.25) is 9.69 Å². The van der Waals surface area contributed by atoms with Crippen molar-refractivity contribution in [1.82, 2.24) is 4.90 Å². The first-order valence-electron chi connectivity index (χ1n) is 14.8. The average molecular weight is 572 g/mol. The van der Waals surface area contributed by atoms with E-state index >= 15 is 0 Å². The second kappa shape index (κ2) is 12.7. The van der Waals surface area contributed by atoms with Gasteiger partial charge in [-0.1, -0.05) is 112 Å². The van der Waals surface area contributed by atoms with Crippen LogP contribution >= 0.6 is 0 Å². The van der Waals surface area contributed by atoms with Crippen LogP contribution in [0.15, 0.2) is 91.0 Å². The number of benzene rings is 3. The maximum atomic E-state index is 13.8. The van der Waals surface area contributed by atoms with Gasteiger partial charge in [0.25, 0.3) is 8.32 Å². The Morgan fingerprint density at radius 1 is 0.756 bits per heavy atom. The minimum absolute atomic E-state index is 0.0395. The maximum Gasteiger partial charge on any atom is 0.410 e. The number of ketones is 1. The molecular formula is C35H45NO4Si. The van der Waals surface area contributed by atoms with Crippen LogP contribution in [0.4, 0.5) is 4.79 Å². The fraction of sp³-hybridized carbons (Fsp3) is 0.429. The molecule has 218 valence electrons. The van der Waals surface area contributed by atoms with Crippen molar-refractivity contribution in [2.45, 2.75) is 89.9 Å². The van der Waals surface area contributed by atoms with Crippen molar-refractivity contribution >= 4 is 30.6 Å². The van der Waals surface area contributed by atoms with E-state index in [9.17, 15) is 9.59 Å². The van der Waals surface area contributed by atoms with Crippen molar-refractivity contribution in [1.29, 1.82) is 0 Å². The number of Topliss-reactive ketones (excluding diaryl/α,β-unsaturated/α-hetero) is 1. The van der Waals surface area contributed by atoms with E-state index in [1.54, 1.807) is 0 Å². The second-order valence-electron chi connectivity index (χ2n) is 13.1.